The number of carbonyl (C=O) groups is 2. The molecule has 0 radical (unpaired) electrons. The number of ether oxygens (including phenoxy) is 1. The van der Waals surface area contributed by atoms with Crippen molar-refractivity contribution in [1.82, 2.24) is 5.32 Å². The number of esters is 1. The van der Waals surface area contributed by atoms with Gasteiger partial charge < -0.3 is 10.1 Å². The summed E-state index contributed by atoms with van der Waals surface area (Å²) in [6, 6.07) is 13.3. The number of nitrogens with one attached hydrogen (secondary N) is 1. The second kappa shape index (κ2) is 13.5. The fourth-order valence-electron chi connectivity index (χ4n) is 3.07. The highest BCUT2D eigenvalue weighted by Crippen LogP contribution is 2.26. The lowest BCUT2D eigenvalue weighted by Crippen LogP contribution is -2.40. The molecule has 0 aromatic heterocycles. The van der Waals surface area contributed by atoms with Crippen molar-refractivity contribution < 1.29 is 14.3 Å². The van der Waals surface area contributed by atoms with Crippen molar-refractivity contribution in [2.24, 2.45) is 17.3 Å². The Hall–Kier alpha value is -2.04. The molecule has 0 aliphatic rings. The quantitative estimate of drug-likeness (QED) is 0.404. The largest absolute Gasteiger partial charge is 0.461 e. The molecule has 32 heavy (non-hydrogen) atoms. The molecular weight excluding hydrogens is 445 g/mol. The van der Waals surface area contributed by atoms with Crippen LogP contribution in [0.3, 0.4) is 0 Å². The van der Waals surface area contributed by atoms with Gasteiger partial charge in [0.1, 0.15) is 0 Å². The molecule has 0 spiro atoms. The number of hydrogen-bond donors (Lipinski definition) is 1. The summed E-state index contributed by atoms with van der Waals surface area (Å²) >= 11 is 11.7. The second-order valence-electron chi connectivity index (χ2n) is 9.41. The first kappa shape index (κ1) is 28.0. The Kier molecular flexibility index (Phi) is 11.8. The summed E-state index contributed by atoms with van der Waals surface area (Å²) in [6.07, 6.45) is 0.793. The first-order valence-electron chi connectivity index (χ1n) is 10.9. The summed E-state index contributed by atoms with van der Waals surface area (Å²) < 4.78 is 5.54. The van der Waals surface area contributed by atoms with Gasteiger partial charge in [-0.05, 0) is 66.8 Å². The lowest BCUT2D eigenvalue weighted by atomic mass is 9.82. The van der Waals surface area contributed by atoms with Gasteiger partial charge >= 0.3 is 5.97 Å². The Bertz CT molecular complexity index is 782. The Morgan fingerprint density at radius 1 is 0.875 bits per heavy atom. The van der Waals surface area contributed by atoms with Gasteiger partial charge in [-0.25, -0.2) is 4.79 Å². The highest BCUT2D eigenvalue weighted by Gasteiger charge is 2.28. The molecule has 0 heterocycles. The average molecular weight is 480 g/mol. The van der Waals surface area contributed by atoms with Crippen LogP contribution in [0.5, 0.6) is 0 Å². The van der Waals surface area contributed by atoms with Crippen molar-refractivity contribution in [2.45, 2.75) is 48.0 Å². The molecule has 1 atom stereocenters. The molecule has 1 amide bonds. The topological polar surface area (TPSA) is 55.4 Å². The lowest BCUT2D eigenvalue weighted by molar-refractivity contribution is 0.0269. The van der Waals surface area contributed by atoms with Crippen molar-refractivity contribution in [3.63, 3.8) is 0 Å². The molecule has 2 aromatic rings. The molecule has 4 nitrogen and oxygen atoms in total. The van der Waals surface area contributed by atoms with E-state index in [0.717, 1.165) is 12.3 Å². The van der Waals surface area contributed by atoms with Crippen LogP contribution in [0, 0.1) is 17.3 Å². The number of halogens is 2. The molecule has 2 rings (SSSR count). The molecule has 2 aromatic carbocycles. The molecule has 6 heteroatoms. The Morgan fingerprint density at radius 3 is 1.75 bits per heavy atom. The zero-order valence-corrected chi connectivity index (χ0v) is 21.4. The predicted molar refractivity (Wildman–Crippen MR) is 134 cm³/mol. The van der Waals surface area contributed by atoms with Crippen LogP contribution < -0.4 is 5.32 Å². The Balaban J connectivity index is 0.00000118. The first-order chi connectivity index (χ1) is 14.9. The lowest BCUT2D eigenvalue weighted by Gasteiger charge is -2.31. The van der Waals surface area contributed by atoms with E-state index >= 15 is 0 Å². The normalized spacial score (nSPS) is 12.6. The maximum Gasteiger partial charge on any atom is 0.338 e. The van der Waals surface area contributed by atoms with Gasteiger partial charge in [0.25, 0.3) is 5.91 Å². The molecule has 176 valence electrons. The average Bonchev–Trinajstić information content (AvgIpc) is 2.70. The fourth-order valence-corrected chi connectivity index (χ4v) is 3.33. The molecule has 1 unspecified atom stereocenters. The SMILES string of the molecule is CC(C)C.CC(C)CC(C)(CNC(=O)c1ccc(Cl)cc1)COC(=O)c1ccc(Cl)cc1. The van der Waals surface area contributed by atoms with E-state index in [-0.39, 0.29) is 12.5 Å². The van der Waals surface area contributed by atoms with Crippen molar-refractivity contribution in [1.29, 1.82) is 0 Å². The zero-order valence-electron chi connectivity index (χ0n) is 19.9. The van der Waals surface area contributed by atoms with Gasteiger partial charge in [-0.2, -0.15) is 0 Å². The van der Waals surface area contributed by atoms with Crippen molar-refractivity contribution in [3.8, 4) is 0 Å². The third kappa shape index (κ3) is 11.0. The van der Waals surface area contributed by atoms with Crippen LogP contribution in [0.15, 0.2) is 48.5 Å². The van der Waals surface area contributed by atoms with E-state index in [1.54, 1.807) is 48.5 Å². The standard InChI is InChI=1S/C22H25Cl2NO3.C4H10/c1-15(2)12-22(3,13-25-20(26)16-4-8-18(23)9-5-16)14-28-21(27)17-6-10-19(24)11-7-17;1-4(2)3/h4-11,15H,12-14H2,1-3H3,(H,25,26);4H,1-3H3. The second-order valence-corrected chi connectivity index (χ2v) is 10.3. The van der Waals surface area contributed by atoms with E-state index in [1.165, 1.54) is 0 Å². The van der Waals surface area contributed by atoms with Gasteiger partial charge in [-0.15, -0.1) is 0 Å². The maximum absolute atomic E-state index is 12.4. The first-order valence-corrected chi connectivity index (χ1v) is 11.6. The maximum atomic E-state index is 12.4. The Morgan fingerprint density at radius 2 is 1.31 bits per heavy atom. The molecule has 0 bridgehead atoms. The summed E-state index contributed by atoms with van der Waals surface area (Å²) in [4.78, 5) is 24.7. The minimum absolute atomic E-state index is 0.185. The fraction of sp³-hybridized carbons (Fsp3) is 0.462. The minimum atomic E-state index is -0.407. The van der Waals surface area contributed by atoms with Crippen LogP contribution in [0.1, 0.15) is 68.7 Å². The van der Waals surface area contributed by atoms with E-state index in [4.69, 9.17) is 27.9 Å². The van der Waals surface area contributed by atoms with Crippen LogP contribution in [-0.4, -0.2) is 25.0 Å². The third-order valence-corrected chi connectivity index (χ3v) is 4.82. The molecule has 0 aliphatic carbocycles. The molecule has 1 N–H and O–H groups in total. The van der Waals surface area contributed by atoms with Gasteiger partial charge in [0.15, 0.2) is 0 Å². The molecule has 0 saturated heterocycles. The Labute approximate surface area is 202 Å². The van der Waals surface area contributed by atoms with E-state index in [2.05, 4.69) is 39.9 Å². The monoisotopic (exact) mass is 479 g/mol. The zero-order chi connectivity index (χ0) is 24.3. The number of hydrogen-bond acceptors (Lipinski definition) is 3. The highest BCUT2D eigenvalue weighted by atomic mass is 35.5. The van der Waals surface area contributed by atoms with Crippen LogP contribution in [0.2, 0.25) is 10.0 Å². The van der Waals surface area contributed by atoms with Gasteiger partial charge in [0, 0.05) is 27.6 Å². The van der Waals surface area contributed by atoms with Crippen LogP contribution in [-0.2, 0) is 4.74 Å². The summed E-state index contributed by atoms with van der Waals surface area (Å²) in [5.41, 5.74) is 0.592. The number of benzene rings is 2. The summed E-state index contributed by atoms with van der Waals surface area (Å²) in [5, 5.41) is 4.08. The van der Waals surface area contributed by atoms with Gasteiger partial charge in [0.2, 0.25) is 0 Å². The predicted octanol–water partition coefficient (Wildman–Crippen LogP) is 7.29. The summed E-state index contributed by atoms with van der Waals surface area (Å²) in [6.45, 7) is 13.3. The van der Waals surface area contributed by atoms with Crippen LogP contribution in [0.25, 0.3) is 0 Å². The summed E-state index contributed by atoms with van der Waals surface area (Å²) in [7, 11) is 0. The highest BCUT2D eigenvalue weighted by molar-refractivity contribution is 6.31. The number of carbonyl (C=O) groups excluding carboxylic acids is 2. The number of rotatable bonds is 8. The van der Waals surface area contributed by atoms with Gasteiger partial charge in [-0.3, -0.25) is 4.79 Å². The molecule has 0 fully saturated rings. The number of amides is 1. The van der Waals surface area contributed by atoms with Crippen LogP contribution in [0.4, 0.5) is 0 Å². The van der Waals surface area contributed by atoms with E-state index in [0.29, 0.717) is 33.6 Å². The van der Waals surface area contributed by atoms with Crippen LogP contribution >= 0.6 is 23.2 Å². The minimum Gasteiger partial charge on any atom is -0.461 e. The third-order valence-electron chi connectivity index (χ3n) is 4.31. The van der Waals surface area contributed by atoms with Crippen molar-refractivity contribution in [3.05, 3.63) is 69.7 Å². The van der Waals surface area contributed by atoms with Gasteiger partial charge in [-0.1, -0.05) is 64.7 Å². The van der Waals surface area contributed by atoms with Gasteiger partial charge in [0.05, 0.1) is 12.2 Å². The molecule has 0 saturated carbocycles. The summed E-state index contributed by atoms with van der Waals surface area (Å²) in [5.74, 6) is 0.623. The smallest absolute Gasteiger partial charge is 0.338 e. The van der Waals surface area contributed by atoms with E-state index < -0.39 is 11.4 Å². The van der Waals surface area contributed by atoms with Crippen molar-refractivity contribution in [2.75, 3.05) is 13.2 Å². The van der Waals surface area contributed by atoms with E-state index in [1.807, 2.05) is 6.92 Å². The molecule has 0 aliphatic heterocycles. The van der Waals surface area contributed by atoms with E-state index in [9.17, 15) is 9.59 Å². The molecular formula is C26H35Cl2NO3. The van der Waals surface area contributed by atoms with Crippen molar-refractivity contribution >= 4 is 35.1 Å².